The van der Waals surface area contributed by atoms with Crippen molar-refractivity contribution in [2.45, 2.75) is 16.7 Å². The fourth-order valence-corrected chi connectivity index (χ4v) is 5.61. The average Bonchev–Trinajstić information content (AvgIpc) is 3.11. The van der Waals surface area contributed by atoms with E-state index in [0.717, 1.165) is 48.9 Å². The second kappa shape index (κ2) is 6.97. The van der Waals surface area contributed by atoms with Gasteiger partial charge in [0.25, 0.3) is 5.65 Å². The lowest BCUT2D eigenvalue weighted by Gasteiger charge is -2.10. The summed E-state index contributed by atoms with van der Waals surface area (Å²) in [6.07, 6.45) is 0. The molecule has 0 radical (unpaired) electrons. The largest absolute Gasteiger partial charge is 0.497 e. The van der Waals surface area contributed by atoms with Gasteiger partial charge in [0, 0.05) is 21.2 Å². The lowest BCUT2D eigenvalue weighted by atomic mass is 10.0. The van der Waals surface area contributed by atoms with E-state index in [1.165, 1.54) is 10.5 Å². The Kier molecular flexibility index (Phi) is 4.17. The van der Waals surface area contributed by atoms with E-state index in [9.17, 15) is 4.79 Å². The summed E-state index contributed by atoms with van der Waals surface area (Å²) in [6.45, 7) is 2.09. The lowest BCUT2D eigenvalue weighted by Crippen LogP contribution is -2.29. The molecule has 4 nitrogen and oxygen atoms in total. The molecule has 6 rings (SSSR count). The Morgan fingerprint density at radius 2 is 1.69 bits per heavy atom. The first-order valence-corrected chi connectivity index (χ1v) is 11.3. The Balaban J connectivity index is 1.72. The van der Waals surface area contributed by atoms with Gasteiger partial charge in [-0.25, -0.2) is 9.36 Å². The van der Waals surface area contributed by atoms with Gasteiger partial charge >= 0.3 is 5.56 Å². The monoisotopic (exact) mass is 437 g/mol. The van der Waals surface area contributed by atoms with E-state index in [0.29, 0.717) is 0 Å². The van der Waals surface area contributed by atoms with Crippen molar-refractivity contribution in [3.63, 3.8) is 0 Å². The third-order valence-electron chi connectivity index (χ3n) is 6.24. The highest BCUT2D eigenvalue weighted by atomic mass is 32.2. The van der Waals surface area contributed by atoms with Gasteiger partial charge in [-0.1, -0.05) is 41.6 Å². The molecular formula is C27H21N2O2S+. The van der Waals surface area contributed by atoms with Crippen LogP contribution in [0.4, 0.5) is 0 Å². The fourth-order valence-electron chi connectivity index (χ4n) is 4.67. The number of aromatic nitrogens is 2. The predicted molar refractivity (Wildman–Crippen MR) is 130 cm³/mol. The number of aryl methyl sites for hydroxylation is 2. The van der Waals surface area contributed by atoms with E-state index >= 15 is 0 Å². The normalized spacial score (nSPS) is 11.8. The van der Waals surface area contributed by atoms with Gasteiger partial charge in [-0.3, -0.25) is 0 Å². The first-order valence-electron chi connectivity index (χ1n) is 10.5. The molecule has 156 valence electrons. The molecular weight excluding hydrogens is 416 g/mol. The third kappa shape index (κ3) is 2.64. The molecule has 32 heavy (non-hydrogen) atoms. The molecule has 0 N–H and O–H groups in total. The number of benzene rings is 4. The fraction of sp³-hybridized carbons (Fsp3) is 0.111. The lowest BCUT2D eigenvalue weighted by molar-refractivity contribution is -0.617. The van der Waals surface area contributed by atoms with Crippen molar-refractivity contribution in [2.75, 3.05) is 7.11 Å². The molecule has 0 spiro atoms. The standard InChI is InChI=1S/C27H21N2O2S/c1-16-7-10-18(11-8-16)32-24-14-12-20-25-19(24)5-4-6-21(25)27(30)29-23-15-17(31-3)9-13-22(23)28(2)26(20)29/h4-15H,1-3H3/q+1. The van der Waals surface area contributed by atoms with Crippen molar-refractivity contribution < 1.29 is 9.30 Å². The number of rotatable bonds is 3. The molecule has 5 heteroatoms. The minimum Gasteiger partial charge on any atom is -0.497 e. The summed E-state index contributed by atoms with van der Waals surface area (Å²) in [6, 6.07) is 24.8. The Morgan fingerprint density at radius 3 is 2.47 bits per heavy atom. The SMILES string of the molecule is COc1ccc2c(c1)n1c(=O)c3cccc4c(Sc5ccc(C)cc5)ccc(c43)c1[n+]2C. The number of fused-ring (bicyclic) bond motifs is 4. The van der Waals surface area contributed by atoms with Gasteiger partial charge in [0.15, 0.2) is 11.0 Å². The Bertz CT molecular complexity index is 1720. The molecule has 0 bridgehead atoms. The van der Waals surface area contributed by atoms with Crippen molar-refractivity contribution in [2.24, 2.45) is 7.05 Å². The average molecular weight is 438 g/mol. The number of hydrogen-bond donors (Lipinski definition) is 0. The Hall–Kier alpha value is -3.57. The van der Waals surface area contributed by atoms with E-state index in [2.05, 4.69) is 54.0 Å². The first-order chi connectivity index (χ1) is 15.6. The van der Waals surface area contributed by atoms with Crippen LogP contribution >= 0.6 is 11.8 Å². The van der Waals surface area contributed by atoms with E-state index < -0.39 is 0 Å². The maximum atomic E-state index is 13.7. The Labute approximate surface area is 189 Å². The van der Waals surface area contributed by atoms with Gasteiger partial charge in [0.2, 0.25) is 0 Å². The number of pyridine rings is 1. The maximum absolute atomic E-state index is 13.7. The van der Waals surface area contributed by atoms with Crippen LogP contribution in [0.2, 0.25) is 0 Å². The topological polar surface area (TPSA) is 34.6 Å². The summed E-state index contributed by atoms with van der Waals surface area (Å²) >= 11 is 1.73. The van der Waals surface area contributed by atoms with Gasteiger partial charge in [0.05, 0.1) is 24.9 Å². The zero-order valence-corrected chi connectivity index (χ0v) is 18.9. The number of nitrogens with zero attached hydrogens (tertiary/aromatic N) is 2. The molecule has 0 atom stereocenters. The molecule has 0 fully saturated rings. The van der Waals surface area contributed by atoms with E-state index in [1.54, 1.807) is 18.9 Å². The highest BCUT2D eigenvalue weighted by molar-refractivity contribution is 7.99. The van der Waals surface area contributed by atoms with Gasteiger partial charge in [-0.2, -0.15) is 4.40 Å². The van der Waals surface area contributed by atoms with Gasteiger partial charge in [0.1, 0.15) is 5.75 Å². The van der Waals surface area contributed by atoms with E-state index in [1.807, 2.05) is 41.8 Å². The number of hydrogen-bond acceptors (Lipinski definition) is 3. The van der Waals surface area contributed by atoms with Crippen LogP contribution in [-0.2, 0) is 7.05 Å². The maximum Gasteiger partial charge on any atom is 0.347 e. The van der Waals surface area contributed by atoms with Crippen molar-refractivity contribution in [3.8, 4) is 5.75 Å². The second-order valence-corrected chi connectivity index (χ2v) is 9.25. The van der Waals surface area contributed by atoms with Crippen molar-refractivity contribution >= 4 is 50.0 Å². The van der Waals surface area contributed by atoms with Crippen LogP contribution in [-0.4, -0.2) is 11.5 Å². The summed E-state index contributed by atoms with van der Waals surface area (Å²) < 4.78 is 9.35. The first kappa shape index (κ1) is 19.1. The molecule has 2 aromatic heterocycles. The number of methoxy groups -OCH3 is 1. The van der Waals surface area contributed by atoms with E-state index in [4.69, 9.17) is 4.74 Å². The predicted octanol–water partition coefficient (Wildman–Crippen LogP) is 5.49. The van der Waals surface area contributed by atoms with Crippen LogP contribution in [0.5, 0.6) is 5.75 Å². The van der Waals surface area contributed by atoms with E-state index in [-0.39, 0.29) is 5.56 Å². The summed E-state index contributed by atoms with van der Waals surface area (Å²) in [5, 5.41) is 3.93. The molecule has 4 aromatic carbocycles. The number of ether oxygens (including phenoxy) is 1. The second-order valence-electron chi connectivity index (χ2n) is 8.13. The van der Waals surface area contributed by atoms with Crippen LogP contribution in [0.25, 0.3) is 38.2 Å². The smallest absolute Gasteiger partial charge is 0.347 e. The van der Waals surface area contributed by atoms with Gasteiger partial charge < -0.3 is 4.74 Å². The van der Waals surface area contributed by atoms with Crippen LogP contribution in [0.1, 0.15) is 5.56 Å². The van der Waals surface area contributed by atoms with Gasteiger partial charge in [-0.15, -0.1) is 0 Å². The van der Waals surface area contributed by atoms with Gasteiger partial charge in [-0.05, 0) is 54.8 Å². The molecule has 0 unspecified atom stereocenters. The summed E-state index contributed by atoms with van der Waals surface area (Å²) in [5.74, 6) is 0.736. The molecule has 0 saturated carbocycles. The Morgan fingerprint density at radius 1 is 0.906 bits per heavy atom. The quantitative estimate of drug-likeness (QED) is 0.344. The van der Waals surface area contributed by atoms with Crippen LogP contribution in [0, 0.1) is 6.92 Å². The minimum absolute atomic E-state index is 0.00515. The third-order valence-corrected chi connectivity index (χ3v) is 7.32. The zero-order valence-electron chi connectivity index (χ0n) is 18.0. The van der Waals surface area contributed by atoms with Crippen molar-refractivity contribution in [1.82, 2.24) is 4.40 Å². The van der Waals surface area contributed by atoms with Crippen molar-refractivity contribution in [3.05, 3.63) is 88.7 Å². The van der Waals surface area contributed by atoms with Crippen LogP contribution in [0.15, 0.2) is 87.4 Å². The molecule has 0 amide bonds. The molecule has 0 aliphatic rings. The van der Waals surface area contributed by atoms with Crippen molar-refractivity contribution in [1.29, 1.82) is 0 Å². The molecule has 6 aromatic rings. The van der Waals surface area contributed by atoms with Crippen LogP contribution in [0.3, 0.4) is 0 Å². The molecule has 2 heterocycles. The zero-order chi connectivity index (χ0) is 22.0. The summed E-state index contributed by atoms with van der Waals surface area (Å²) in [4.78, 5) is 16.1. The van der Waals surface area contributed by atoms with Crippen LogP contribution < -0.4 is 14.9 Å². The summed E-state index contributed by atoms with van der Waals surface area (Å²) in [7, 11) is 3.66. The molecule has 0 aliphatic carbocycles. The summed E-state index contributed by atoms with van der Waals surface area (Å²) in [5.41, 5.74) is 3.98. The highest BCUT2D eigenvalue weighted by Gasteiger charge is 2.26. The molecule has 0 aliphatic heterocycles. The highest BCUT2D eigenvalue weighted by Crippen LogP contribution is 2.38. The number of imidazole rings is 1. The minimum atomic E-state index is -0.00515. The molecule has 0 saturated heterocycles.